The highest BCUT2D eigenvalue weighted by molar-refractivity contribution is 5.76. The Hall–Kier alpha value is -2.82. The van der Waals surface area contributed by atoms with Gasteiger partial charge in [-0.3, -0.25) is 9.36 Å². The summed E-state index contributed by atoms with van der Waals surface area (Å²) in [6.07, 6.45) is 0.00646. The molecule has 0 radical (unpaired) electrons. The number of H-pyrrole nitrogens is 1. The minimum absolute atomic E-state index is 0.00646. The smallest absolute Gasteiger partial charge is 0.326 e. The summed E-state index contributed by atoms with van der Waals surface area (Å²) in [4.78, 5) is 25.6. The van der Waals surface area contributed by atoms with Crippen LogP contribution in [-0.2, 0) is 17.8 Å². The van der Waals surface area contributed by atoms with Gasteiger partial charge in [-0.15, -0.1) is 0 Å². The molecule has 1 heterocycles. The molecule has 22 heavy (non-hydrogen) atoms. The van der Waals surface area contributed by atoms with E-state index in [4.69, 9.17) is 5.11 Å². The highest BCUT2D eigenvalue weighted by Crippen LogP contribution is 2.14. The molecule has 2 aromatic carbocycles. The number of hydrogen-bond acceptors (Lipinski definition) is 2. The number of imidazole rings is 1. The quantitative estimate of drug-likeness (QED) is 0.776. The van der Waals surface area contributed by atoms with Crippen LogP contribution in [0.4, 0.5) is 0 Å². The lowest BCUT2D eigenvalue weighted by Gasteiger charge is -2.05. The minimum atomic E-state index is -0.851. The van der Waals surface area contributed by atoms with Crippen molar-refractivity contribution in [2.75, 3.05) is 0 Å². The van der Waals surface area contributed by atoms with Gasteiger partial charge in [0.1, 0.15) is 0 Å². The van der Waals surface area contributed by atoms with Crippen molar-refractivity contribution >= 4 is 17.0 Å². The molecule has 1 aromatic heterocycles. The van der Waals surface area contributed by atoms with Crippen molar-refractivity contribution in [2.24, 2.45) is 0 Å². The molecule has 0 unspecified atom stereocenters. The summed E-state index contributed by atoms with van der Waals surface area (Å²) in [7, 11) is 0. The van der Waals surface area contributed by atoms with Crippen LogP contribution in [0.5, 0.6) is 0 Å². The van der Waals surface area contributed by atoms with E-state index >= 15 is 0 Å². The molecule has 0 atom stereocenters. The molecule has 3 rings (SSSR count). The minimum Gasteiger partial charge on any atom is -0.481 e. The third-order valence-electron chi connectivity index (χ3n) is 3.65. The Morgan fingerprint density at radius 2 is 1.82 bits per heavy atom. The van der Waals surface area contributed by atoms with Crippen LogP contribution >= 0.6 is 0 Å². The van der Waals surface area contributed by atoms with E-state index in [0.29, 0.717) is 6.54 Å². The highest BCUT2D eigenvalue weighted by Gasteiger charge is 2.08. The number of carboxylic acids is 1. The second kappa shape index (κ2) is 5.52. The summed E-state index contributed by atoms with van der Waals surface area (Å²) < 4.78 is 1.69. The maximum absolute atomic E-state index is 12.1. The topological polar surface area (TPSA) is 75.1 Å². The van der Waals surface area contributed by atoms with E-state index in [2.05, 4.69) is 4.98 Å². The molecule has 2 N–H and O–H groups in total. The Bertz CT molecular complexity index is 888. The molecular weight excluding hydrogens is 280 g/mol. The van der Waals surface area contributed by atoms with E-state index in [0.717, 1.165) is 27.7 Å². The zero-order valence-corrected chi connectivity index (χ0v) is 12.2. The fourth-order valence-electron chi connectivity index (χ4n) is 2.54. The lowest BCUT2D eigenvalue weighted by Crippen LogP contribution is -2.17. The number of aromatic amines is 1. The molecule has 0 spiro atoms. The standard InChI is InChI=1S/C17H16N2O3/c1-11-2-7-14-15(8-11)19(17(22)18-14)10-13-5-3-12(4-6-13)9-16(20)21/h2-8H,9-10H2,1H3,(H,18,22)(H,20,21). The van der Waals surface area contributed by atoms with Crippen molar-refractivity contribution in [1.29, 1.82) is 0 Å². The zero-order valence-electron chi connectivity index (χ0n) is 12.2. The van der Waals surface area contributed by atoms with E-state index < -0.39 is 5.97 Å². The van der Waals surface area contributed by atoms with E-state index in [1.807, 2.05) is 37.3 Å². The van der Waals surface area contributed by atoms with Gasteiger partial charge in [0, 0.05) is 0 Å². The van der Waals surface area contributed by atoms with Crippen molar-refractivity contribution in [3.8, 4) is 0 Å². The summed E-state index contributed by atoms with van der Waals surface area (Å²) in [5, 5.41) is 8.77. The molecule has 112 valence electrons. The molecule has 0 saturated carbocycles. The van der Waals surface area contributed by atoms with Crippen LogP contribution in [0.2, 0.25) is 0 Å². The van der Waals surface area contributed by atoms with Gasteiger partial charge in [0.2, 0.25) is 0 Å². The van der Waals surface area contributed by atoms with Gasteiger partial charge < -0.3 is 10.1 Å². The van der Waals surface area contributed by atoms with Gasteiger partial charge in [-0.25, -0.2) is 4.79 Å². The summed E-state index contributed by atoms with van der Waals surface area (Å²) >= 11 is 0. The first-order valence-corrected chi connectivity index (χ1v) is 7.02. The average molecular weight is 296 g/mol. The van der Waals surface area contributed by atoms with Crippen LogP contribution in [0, 0.1) is 6.92 Å². The van der Waals surface area contributed by atoms with E-state index in [1.54, 1.807) is 16.7 Å². The summed E-state index contributed by atoms with van der Waals surface area (Å²) in [5.41, 5.74) is 4.35. The summed E-state index contributed by atoms with van der Waals surface area (Å²) in [6.45, 7) is 2.44. The number of hydrogen-bond donors (Lipinski definition) is 2. The maximum atomic E-state index is 12.1. The Balaban J connectivity index is 1.93. The van der Waals surface area contributed by atoms with Crippen molar-refractivity contribution in [1.82, 2.24) is 9.55 Å². The molecule has 0 bridgehead atoms. The maximum Gasteiger partial charge on any atom is 0.326 e. The molecule has 0 aliphatic heterocycles. The second-order valence-corrected chi connectivity index (χ2v) is 5.42. The normalized spacial score (nSPS) is 11.0. The Labute approximate surface area is 126 Å². The number of carboxylic acid groups (broad SMARTS) is 1. The molecule has 0 saturated heterocycles. The molecule has 5 heteroatoms. The van der Waals surface area contributed by atoms with E-state index in [-0.39, 0.29) is 12.1 Å². The number of benzene rings is 2. The molecule has 3 aromatic rings. The van der Waals surface area contributed by atoms with E-state index in [9.17, 15) is 9.59 Å². The van der Waals surface area contributed by atoms with Gasteiger partial charge in [-0.1, -0.05) is 30.3 Å². The fourth-order valence-corrected chi connectivity index (χ4v) is 2.54. The van der Waals surface area contributed by atoms with Crippen LogP contribution in [0.1, 0.15) is 16.7 Å². The zero-order chi connectivity index (χ0) is 15.7. The van der Waals surface area contributed by atoms with Crippen molar-refractivity contribution in [3.05, 3.63) is 69.6 Å². The Kier molecular flexibility index (Phi) is 3.55. The monoisotopic (exact) mass is 296 g/mol. The number of nitrogens with one attached hydrogen (secondary N) is 1. The van der Waals surface area contributed by atoms with Crippen LogP contribution in [-0.4, -0.2) is 20.6 Å². The summed E-state index contributed by atoms with van der Waals surface area (Å²) in [6, 6.07) is 13.1. The largest absolute Gasteiger partial charge is 0.481 e. The molecule has 0 amide bonds. The summed E-state index contributed by atoms with van der Waals surface area (Å²) in [5.74, 6) is -0.851. The number of carbonyl (C=O) groups is 1. The number of fused-ring (bicyclic) bond motifs is 1. The molecule has 0 aliphatic rings. The fraction of sp³-hybridized carbons (Fsp3) is 0.176. The van der Waals surface area contributed by atoms with Crippen molar-refractivity contribution < 1.29 is 9.90 Å². The molecule has 0 aliphatic carbocycles. The third kappa shape index (κ3) is 2.79. The SMILES string of the molecule is Cc1ccc2[nH]c(=O)n(Cc3ccc(CC(=O)O)cc3)c2c1. The number of nitrogens with zero attached hydrogens (tertiary/aromatic N) is 1. The van der Waals surface area contributed by atoms with Crippen LogP contribution in [0.15, 0.2) is 47.3 Å². The molecule has 0 fully saturated rings. The van der Waals surface area contributed by atoms with Gasteiger partial charge >= 0.3 is 11.7 Å². The van der Waals surface area contributed by atoms with Crippen molar-refractivity contribution in [3.63, 3.8) is 0 Å². The van der Waals surface area contributed by atoms with Crippen LogP contribution in [0.3, 0.4) is 0 Å². The first kappa shape index (κ1) is 14.1. The average Bonchev–Trinajstić information content (AvgIpc) is 2.76. The number of aliphatic carboxylic acids is 1. The van der Waals surface area contributed by atoms with Crippen LogP contribution in [0.25, 0.3) is 11.0 Å². The second-order valence-electron chi connectivity index (χ2n) is 5.42. The first-order valence-electron chi connectivity index (χ1n) is 7.02. The first-order chi connectivity index (χ1) is 10.5. The predicted octanol–water partition coefficient (Wildman–Crippen LogP) is 2.31. The lowest BCUT2D eigenvalue weighted by molar-refractivity contribution is -0.136. The number of rotatable bonds is 4. The Morgan fingerprint density at radius 1 is 1.14 bits per heavy atom. The molecular formula is C17H16N2O3. The van der Waals surface area contributed by atoms with Gasteiger partial charge in [-0.2, -0.15) is 0 Å². The highest BCUT2D eigenvalue weighted by atomic mass is 16.4. The third-order valence-corrected chi connectivity index (χ3v) is 3.65. The number of aryl methyl sites for hydroxylation is 1. The molecule has 5 nitrogen and oxygen atoms in total. The Morgan fingerprint density at radius 3 is 2.50 bits per heavy atom. The predicted molar refractivity (Wildman–Crippen MR) is 84.2 cm³/mol. The van der Waals surface area contributed by atoms with Crippen molar-refractivity contribution in [2.45, 2.75) is 19.9 Å². The van der Waals surface area contributed by atoms with Gasteiger partial charge in [0.15, 0.2) is 0 Å². The lowest BCUT2D eigenvalue weighted by atomic mass is 10.1. The van der Waals surface area contributed by atoms with E-state index in [1.165, 1.54) is 0 Å². The number of aromatic nitrogens is 2. The van der Waals surface area contributed by atoms with Gasteiger partial charge in [-0.05, 0) is 35.7 Å². The van der Waals surface area contributed by atoms with Gasteiger partial charge in [0.25, 0.3) is 0 Å². The van der Waals surface area contributed by atoms with Gasteiger partial charge in [0.05, 0.1) is 24.0 Å². The van der Waals surface area contributed by atoms with Crippen LogP contribution < -0.4 is 5.69 Å².